The predicted molar refractivity (Wildman–Crippen MR) is 141 cm³/mol. The monoisotopic (exact) mass is 554 g/mol. The Morgan fingerprint density at radius 1 is 1.15 bits per heavy atom. The zero-order valence-corrected chi connectivity index (χ0v) is 21.9. The van der Waals surface area contributed by atoms with Gasteiger partial charge in [0, 0.05) is 24.2 Å². The fourth-order valence-corrected chi connectivity index (χ4v) is 6.01. The minimum atomic E-state index is -1.38. The number of hydrogen-bond acceptors (Lipinski definition) is 5. The van der Waals surface area contributed by atoms with Gasteiger partial charge in [-0.05, 0) is 67.5 Å². The van der Waals surface area contributed by atoms with Crippen LogP contribution in [0.15, 0.2) is 30.3 Å². The van der Waals surface area contributed by atoms with E-state index in [0.29, 0.717) is 55.8 Å². The molecule has 1 aliphatic carbocycles. The lowest BCUT2D eigenvalue weighted by Gasteiger charge is -2.45. The molecule has 0 bridgehead atoms. The van der Waals surface area contributed by atoms with E-state index in [1.165, 1.54) is 12.1 Å². The molecule has 39 heavy (non-hydrogen) atoms. The van der Waals surface area contributed by atoms with Gasteiger partial charge in [-0.25, -0.2) is 9.18 Å². The van der Waals surface area contributed by atoms with E-state index < -0.39 is 23.6 Å². The number of hydrogen-bond donors (Lipinski definition) is 3. The van der Waals surface area contributed by atoms with Crippen LogP contribution >= 0.6 is 11.6 Å². The van der Waals surface area contributed by atoms with Gasteiger partial charge in [-0.15, -0.1) is 0 Å². The minimum absolute atomic E-state index is 0.0426. The highest BCUT2D eigenvalue weighted by molar-refractivity contribution is 6.31. The molecular formula is C28H28ClFN4O5. The van der Waals surface area contributed by atoms with Gasteiger partial charge >= 0.3 is 6.09 Å². The maximum absolute atomic E-state index is 15.3. The van der Waals surface area contributed by atoms with Crippen LogP contribution in [0, 0.1) is 11.7 Å². The van der Waals surface area contributed by atoms with E-state index in [9.17, 15) is 19.2 Å². The number of aryl methyl sites for hydroxylation is 1. The number of rotatable bonds is 5. The van der Waals surface area contributed by atoms with E-state index in [0.717, 1.165) is 18.4 Å². The first kappa shape index (κ1) is 25.6. The van der Waals surface area contributed by atoms with Crippen LogP contribution in [-0.2, 0) is 26.3 Å². The van der Waals surface area contributed by atoms with Gasteiger partial charge in [0.05, 0.1) is 22.8 Å². The second-order valence-electron chi connectivity index (χ2n) is 10.8. The third-order valence-electron chi connectivity index (χ3n) is 7.97. The van der Waals surface area contributed by atoms with Crippen molar-refractivity contribution in [2.45, 2.75) is 56.6 Å². The van der Waals surface area contributed by atoms with Crippen molar-refractivity contribution >= 4 is 46.8 Å². The molecule has 2 atom stereocenters. The summed E-state index contributed by atoms with van der Waals surface area (Å²) in [6.45, 7) is 0.345. The van der Waals surface area contributed by atoms with Crippen LogP contribution < -0.4 is 16.0 Å². The second kappa shape index (κ2) is 9.82. The molecule has 9 nitrogen and oxygen atoms in total. The highest BCUT2D eigenvalue weighted by atomic mass is 35.5. The molecule has 4 amide bonds. The van der Waals surface area contributed by atoms with Gasteiger partial charge in [-0.2, -0.15) is 0 Å². The van der Waals surface area contributed by atoms with Gasteiger partial charge in [0.25, 0.3) is 5.91 Å². The maximum atomic E-state index is 15.3. The van der Waals surface area contributed by atoms with Crippen molar-refractivity contribution < 1.29 is 28.3 Å². The average Bonchev–Trinajstić information content (AvgIpc) is 3.73. The summed E-state index contributed by atoms with van der Waals surface area (Å²) >= 11 is 6.07. The molecule has 0 radical (unpaired) electrons. The molecule has 1 spiro atoms. The zero-order valence-electron chi connectivity index (χ0n) is 21.1. The number of piperidine rings is 1. The van der Waals surface area contributed by atoms with E-state index in [1.54, 1.807) is 23.1 Å². The van der Waals surface area contributed by atoms with Crippen LogP contribution in [0.1, 0.15) is 60.0 Å². The molecule has 204 valence electrons. The smallest absolute Gasteiger partial charge is 0.412 e. The second-order valence-corrected chi connectivity index (χ2v) is 11.2. The number of carbonyl (C=O) groups is 4. The van der Waals surface area contributed by atoms with Gasteiger partial charge in [0.1, 0.15) is 6.04 Å². The van der Waals surface area contributed by atoms with Crippen molar-refractivity contribution in [3.63, 3.8) is 0 Å². The highest BCUT2D eigenvalue weighted by Gasteiger charge is 2.49. The fourth-order valence-electron chi connectivity index (χ4n) is 5.86. The van der Waals surface area contributed by atoms with Crippen LogP contribution in [0.5, 0.6) is 0 Å². The lowest BCUT2D eigenvalue weighted by Crippen LogP contribution is -2.57. The van der Waals surface area contributed by atoms with Crippen LogP contribution in [0.2, 0.25) is 5.02 Å². The molecule has 6 rings (SSSR count). The summed E-state index contributed by atoms with van der Waals surface area (Å²) < 4.78 is 20.9. The van der Waals surface area contributed by atoms with Crippen LogP contribution in [0.4, 0.5) is 20.6 Å². The molecule has 2 aromatic rings. The first-order chi connectivity index (χ1) is 18.7. The maximum Gasteiger partial charge on any atom is 0.412 e. The summed E-state index contributed by atoms with van der Waals surface area (Å²) in [5, 5.41) is 8.15. The number of halogens is 2. The van der Waals surface area contributed by atoms with Gasteiger partial charge in [-0.3, -0.25) is 19.7 Å². The number of nitrogens with zero attached hydrogens (tertiary/aromatic N) is 1. The Morgan fingerprint density at radius 2 is 1.95 bits per heavy atom. The number of likely N-dealkylation sites (tertiary alicyclic amines) is 1. The number of amides is 4. The summed E-state index contributed by atoms with van der Waals surface area (Å²) in [5.41, 5.74) is 1.00. The Morgan fingerprint density at radius 3 is 2.74 bits per heavy atom. The van der Waals surface area contributed by atoms with Crippen molar-refractivity contribution in [1.29, 1.82) is 0 Å². The number of ether oxygens (including phenoxy) is 1. The molecule has 0 unspecified atom stereocenters. The van der Waals surface area contributed by atoms with Crippen LogP contribution in [-0.4, -0.2) is 47.8 Å². The molecule has 0 aromatic heterocycles. The molecule has 3 N–H and O–H groups in total. The predicted octanol–water partition coefficient (Wildman–Crippen LogP) is 4.34. The fraction of sp³-hybridized carbons (Fsp3) is 0.429. The molecule has 1 saturated heterocycles. The highest BCUT2D eigenvalue weighted by Crippen LogP contribution is 2.45. The third-order valence-corrected chi connectivity index (χ3v) is 8.27. The lowest BCUT2D eigenvalue weighted by molar-refractivity contribution is -0.141. The zero-order chi connectivity index (χ0) is 27.3. The Kier molecular flexibility index (Phi) is 6.45. The van der Waals surface area contributed by atoms with E-state index in [2.05, 4.69) is 16.0 Å². The normalized spacial score (nSPS) is 22.7. The SMILES string of the molecule is O=C1CCc2cc(C(=O)N[C@@H](CC3CC3)C(=O)N3CCC[C@@]4(C3)OC(=O)Nc3ccc(Cl)c(F)c34)ccc2N1. The minimum Gasteiger partial charge on any atom is -0.436 e. The van der Waals surface area contributed by atoms with Crippen molar-refractivity contribution in [1.82, 2.24) is 10.2 Å². The van der Waals surface area contributed by atoms with Gasteiger partial charge in [0.15, 0.2) is 11.4 Å². The summed E-state index contributed by atoms with van der Waals surface area (Å²) in [5.74, 6) is -1.08. The number of fused-ring (bicyclic) bond motifs is 3. The summed E-state index contributed by atoms with van der Waals surface area (Å²) in [7, 11) is 0. The quantitative estimate of drug-likeness (QED) is 0.508. The number of nitrogens with one attached hydrogen (secondary N) is 3. The van der Waals surface area contributed by atoms with Crippen LogP contribution in [0.25, 0.3) is 0 Å². The first-order valence-electron chi connectivity index (χ1n) is 13.2. The molecule has 4 aliphatic rings. The third kappa shape index (κ3) is 4.93. The number of carbonyl (C=O) groups excluding carboxylic acids is 4. The molecule has 2 fully saturated rings. The molecule has 2 aromatic carbocycles. The first-order valence-corrected chi connectivity index (χ1v) is 13.6. The Balaban J connectivity index is 1.24. The summed E-state index contributed by atoms with van der Waals surface area (Å²) in [6.07, 6.45) is 3.46. The van der Waals surface area contributed by atoms with E-state index in [-0.39, 0.29) is 40.5 Å². The van der Waals surface area contributed by atoms with E-state index in [4.69, 9.17) is 16.3 Å². The number of anilines is 2. The van der Waals surface area contributed by atoms with Crippen molar-refractivity contribution in [2.75, 3.05) is 23.7 Å². The lowest BCUT2D eigenvalue weighted by atomic mass is 9.82. The standard InChI is InChI=1S/C28H28ClFN4O5/c29-18-6-8-20-23(24(18)30)28(39-27(38)33-20)10-1-11-34(14-28)26(37)21(12-15-2-3-15)32-25(36)17-4-7-19-16(13-17)5-9-22(35)31-19/h4,6-8,13,15,21H,1-3,5,9-12,14H2,(H,31,35)(H,32,36)(H,33,38)/t21-,28-/m0/s1. The van der Waals surface area contributed by atoms with Crippen LogP contribution in [0.3, 0.4) is 0 Å². The molecule has 11 heteroatoms. The van der Waals surface area contributed by atoms with E-state index >= 15 is 4.39 Å². The Hall–Kier alpha value is -3.66. The molecular weight excluding hydrogens is 527 g/mol. The largest absolute Gasteiger partial charge is 0.436 e. The molecule has 3 aliphatic heterocycles. The van der Waals surface area contributed by atoms with Crippen molar-refractivity contribution in [3.8, 4) is 0 Å². The molecule has 1 saturated carbocycles. The number of benzene rings is 2. The summed E-state index contributed by atoms with van der Waals surface area (Å²) in [4.78, 5) is 52.8. The van der Waals surface area contributed by atoms with E-state index in [1.807, 2.05) is 0 Å². The average molecular weight is 555 g/mol. The van der Waals surface area contributed by atoms with Gasteiger partial charge in [-0.1, -0.05) is 24.4 Å². The molecule has 3 heterocycles. The summed E-state index contributed by atoms with van der Waals surface area (Å²) in [6, 6.07) is 7.20. The Labute approximate surface area is 229 Å². The van der Waals surface area contributed by atoms with Gasteiger partial charge in [0.2, 0.25) is 11.8 Å². The van der Waals surface area contributed by atoms with Crippen molar-refractivity contribution in [3.05, 3.63) is 57.9 Å². The Bertz CT molecular complexity index is 1400. The van der Waals surface area contributed by atoms with Crippen molar-refractivity contribution in [2.24, 2.45) is 5.92 Å². The van der Waals surface area contributed by atoms with Gasteiger partial charge < -0.3 is 20.3 Å². The topological polar surface area (TPSA) is 117 Å².